The van der Waals surface area contributed by atoms with E-state index in [-0.39, 0.29) is 29.6 Å². The molecule has 3 heterocycles. The fraction of sp³-hybridized carbons (Fsp3) is 0.154. The first-order chi connectivity index (χ1) is 18.4. The number of aryl methyl sites for hydroxylation is 2. The molecule has 200 valence electrons. The smallest absolute Gasteiger partial charge is 0.270 e. The average molecular weight is 549 g/mol. The monoisotopic (exact) mass is 549 g/mol. The Kier molecular flexibility index (Phi) is 6.52. The molecular weight excluding hydrogens is 534 g/mol. The van der Waals surface area contributed by atoms with Gasteiger partial charge in [0.2, 0.25) is 0 Å². The standard InChI is InChI=1S/C26H15F8N5/c27-20-3-1-2-18(23(20)28)24-37-21-12-36-39(13-22(21)38-24)9-8-16-6-4-14(11-35-16)17-7-5-15(25(29,30)31)10-19(17)26(32,33)34/h1-7,10-13H,8-9H2. The maximum absolute atomic E-state index is 14.1. The van der Waals surface area contributed by atoms with Gasteiger partial charge in [-0.05, 0) is 35.9 Å². The van der Waals surface area contributed by atoms with Gasteiger partial charge in [0.15, 0.2) is 17.5 Å². The Hall–Kier alpha value is -4.42. The number of halogens is 8. The zero-order chi connectivity index (χ0) is 27.9. The van der Waals surface area contributed by atoms with Crippen LogP contribution in [0.1, 0.15) is 16.8 Å². The Balaban J connectivity index is 1.33. The molecule has 0 radical (unpaired) electrons. The molecule has 0 spiro atoms. The number of rotatable bonds is 5. The molecule has 0 bridgehead atoms. The number of benzene rings is 2. The van der Waals surface area contributed by atoms with E-state index in [9.17, 15) is 35.1 Å². The van der Waals surface area contributed by atoms with Crippen molar-refractivity contribution in [1.82, 2.24) is 24.7 Å². The second kappa shape index (κ2) is 9.71. The molecule has 0 amide bonds. The highest BCUT2D eigenvalue weighted by Crippen LogP contribution is 2.40. The van der Waals surface area contributed by atoms with Crippen molar-refractivity contribution in [2.75, 3.05) is 0 Å². The Morgan fingerprint density at radius 3 is 2.23 bits per heavy atom. The van der Waals surface area contributed by atoms with E-state index in [1.54, 1.807) is 6.20 Å². The van der Waals surface area contributed by atoms with E-state index in [2.05, 4.69) is 20.1 Å². The Labute approximate surface area is 215 Å². The third kappa shape index (κ3) is 5.42. The van der Waals surface area contributed by atoms with Crippen LogP contribution in [0.2, 0.25) is 0 Å². The molecule has 0 atom stereocenters. The average Bonchev–Trinajstić information content (AvgIpc) is 3.31. The number of pyridine rings is 1. The minimum absolute atomic E-state index is 0.000276. The van der Waals surface area contributed by atoms with Gasteiger partial charge in [-0.3, -0.25) is 9.67 Å². The Morgan fingerprint density at radius 1 is 0.769 bits per heavy atom. The van der Waals surface area contributed by atoms with Crippen LogP contribution in [0.3, 0.4) is 0 Å². The number of fused-ring (bicyclic) bond motifs is 1. The lowest BCUT2D eigenvalue weighted by atomic mass is 9.97. The van der Waals surface area contributed by atoms with Crippen LogP contribution in [0.4, 0.5) is 35.1 Å². The molecule has 3 aromatic rings. The predicted octanol–water partition coefficient (Wildman–Crippen LogP) is 7.07. The van der Waals surface area contributed by atoms with Crippen LogP contribution in [-0.4, -0.2) is 24.7 Å². The summed E-state index contributed by atoms with van der Waals surface area (Å²) in [4.78, 5) is 12.6. The molecule has 0 N–H and O–H groups in total. The van der Waals surface area contributed by atoms with Gasteiger partial charge in [-0.2, -0.15) is 31.4 Å². The SMILES string of the molecule is Fc1cccc(-c2nc3cnn(CCc4ccc(-c5ccc(C(F)(F)F)cc5C(F)(F)F)cn4)cc-3n2)c1F. The minimum atomic E-state index is -5.00. The largest absolute Gasteiger partial charge is 0.417 e. The van der Waals surface area contributed by atoms with Crippen LogP contribution >= 0.6 is 0 Å². The van der Waals surface area contributed by atoms with Crippen molar-refractivity contribution in [3.8, 4) is 33.9 Å². The van der Waals surface area contributed by atoms with Crippen LogP contribution in [0.5, 0.6) is 0 Å². The summed E-state index contributed by atoms with van der Waals surface area (Å²) in [6.07, 6.45) is -5.49. The van der Waals surface area contributed by atoms with Crippen molar-refractivity contribution < 1.29 is 35.1 Å². The van der Waals surface area contributed by atoms with E-state index in [1.165, 1.54) is 35.1 Å². The number of hydrogen-bond donors (Lipinski definition) is 0. The molecule has 1 aromatic heterocycles. The molecule has 2 aromatic carbocycles. The van der Waals surface area contributed by atoms with E-state index < -0.39 is 40.7 Å². The van der Waals surface area contributed by atoms with E-state index in [4.69, 9.17) is 0 Å². The van der Waals surface area contributed by atoms with Gasteiger partial charge in [-0.15, -0.1) is 0 Å². The second-order valence-corrected chi connectivity index (χ2v) is 8.50. The van der Waals surface area contributed by atoms with Gasteiger partial charge in [-0.25, -0.2) is 18.7 Å². The zero-order valence-electron chi connectivity index (χ0n) is 19.5. The van der Waals surface area contributed by atoms with Gasteiger partial charge in [0, 0.05) is 30.4 Å². The van der Waals surface area contributed by atoms with Crippen LogP contribution in [0.15, 0.2) is 67.1 Å². The van der Waals surface area contributed by atoms with Crippen molar-refractivity contribution in [3.63, 3.8) is 0 Å². The lowest BCUT2D eigenvalue weighted by molar-refractivity contribution is -0.142. The first kappa shape index (κ1) is 26.2. The van der Waals surface area contributed by atoms with Crippen LogP contribution < -0.4 is 0 Å². The van der Waals surface area contributed by atoms with E-state index in [0.717, 1.165) is 18.3 Å². The first-order valence-corrected chi connectivity index (χ1v) is 11.3. The number of nitrogens with zero attached hydrogens (tertiary/aromatic N) is 5. The molecule has 0 aliphatic carbocycles. The lowest BCUT2D eigenvalue weighted by Gasteiger charge is -2.16. The van der Waals surface area contributed by atoms with Crippen LogP contribution in [0, 0.1) is 11.6 Å². The Bertz CT molecular complexity index is 1610. The van der Waals surface area contributed by atoms with Crippen molar-refractivity contribution >= 4 is 0 Å². The topological polar surface area (TPSA) is 56.5 Å². The van der Waals surface area contributed by atoms with Gasteiger partial charge in [-0.1, -0.05) is 18.2 Å². The third-order valence-electron chi connectivity index (χ3n) is 5.89. The van der Waals surface area contributed by atoms with Gasteiger partial charge in [0.05, 0.1) is 29.1 Å². The van der Waals surface area contributed by atoms with Gasteiger partial charge in [0.25, 0.3) is 0 Å². The molecular formula is C26H15F8N5. The van der Waals surface area contributed by atoms with E-state index in [0.29, 0.717) is 29.6 Å². The maximum Gasteiger partial charge on any atom is 0.417 e. The Morgan fingerprint density at radius 2 is 1.54 bits per heavy atom. The highest BCUT2D eigenvalue weighted by Gasteiger charge is 2.38. The molecule has 0 fully saturated rings. The van der Waals surface area contributed by atoms with Crippen molar-refractivity contribution in [2.24, 2.45) is 0 Å². The third-order valence-corrected chi connectivity index (χ3v) is 5.89. The van der Waals surface area contributed by atoms with Crippen molar-refractivity contribution in [3.05, 3.63) is 95.6 Å². The van der Waals surface area contributed by atoms with Gasteiger partial charge >= 0.3 is 12.4 Å². The molecule has 13 heteroatoms. The summed E-state index contributed by atoms with van der Waals surface area (Å²) in [6, 6.07) is 7.96. The maximum atomic E-state index is 14.1. The van der Waals surface area contributed by atoms with Gasteiger partial charge < -0.3 is 0 Å². The molecule has 5 rings (SSSR count). The summed E-state index contributed by atoms with van der Waals surface area (Å²) >= 11 is 0. The van der Waals surface area contributed by atoms with Crippen LogP contribution in [0.25, 0.3) is 33.9 Å². The summed E-state index contributed by atoms with van der Waals surface area (Å²) in [6.45, 7) is 0.285. The molecule has 0 saturated heterocycles. The van der Waals surface area contributed by atoms with Crippen molar-refractivity contribution in [1.29, 1.82) is 0 Å². The summed E-state index contributed by atoms with van der Waals surface area (Å²) < 4.78 is 108. The molecule has 39 heavy (non-hydrogen) atoms. The highest BCUT2D eigenvalue weighted by molar-refractivity contribution is 5.68. The zero-order valence-corrected chi connectivity index (χ0v) is 19.5. The summed E-state index contributed by atoms with van der Waals surface area (Å²) in [5, 5.41) is 4.20. The van der Waals surface area contributed by atoms with E-state index >= 15 is 0 Å². The van der Waals surface area contributed by atoms with Gasteiger partial charge in [0.1, 0.15) is 11.4 Å². The molecule has 0 unspecified atom stereocenters. The normalized spacial score (nSPS) is 12.3. The quantitative estimate of drug-likeness (QED) is 0.220. The van der Waals surface area contributed by atoms with Crippen molar-refractivity contribution in [2.45, 2.75) is 25.3 Å². The number of imidazole rings is 1. The van der Waals surface area contributed by atoms with E-state index in [1.807, 2.05) is 0 Å². The minimum Gasteiger partial charge on any atom is -0.270 e. The van der Waals surface area contributed by atoms with Crippen LogP contribution in [-0.2, 0) is 25.3 Å². The molecule has 2 aliphatic rings. The number of alkyl halides is 6. The number of hydrogen-bond acceptors (Lipinski definition) is 4. The molecule has 2 aliphatic heterocycles. The summed E-state index contributed by atoms with van der Waals surface area (Å²) in [5.41, 5.74) is -2.07. The lowest BCUT2D eigenvalue weighted by Crippen LogP contribution is -2.12. The summed E-state index contributed by atoms with van der Waals surface area (Å²) in [5.74, 6) is -2.09. The second-order valence-electron chi connectivity index (χ2n) is 8.50. The predicted molar refractivity (Wildman–Crippen MR) is 123 cm³/mol. The number of aromatic nitrogens is 5. The fourth-order valence-corrected chi connectivity index (χ4v) is 3.95. The fourth-order valence-electron chi connectivity index (χ4n) is 3.95. The summed E-state index contributed by atoms with van der Waals surface area (Å²) in [7, 11) is 0. The highest BCUT2D eigenvalue weighted by atomic mass is 19.4. The molecule has 0 saturated carbocycles. The first-order valence-electron chi connectivity index (χ1n) is 11.3. The molecule has 5 nitrogen and oxygen atoms in total.